The van der Waals surface area contributed by atoms with E-state index in [1.54, 1.807) is 0 Å². The molecule has 2 heterocycles. The molecule has 9 aromatic rings. The molecule has 0 fully saturated rings. The Bertz CT molecular complexity index is 2690. The maximum atomic E-state index is 2.45. The van der Waals surface area contributed by atoms with E-state index in [0.29, 0.717) is 0 Å². The Labute approximate surface area is 275 Å². The number of nitrogens with zero attached hydrogens (tertiary/aromatic N) is 1. The SMILES string of the molecule is CC1(C)c2ccccc2-c2cc(N(c3ccc4c(ccc5sc6ccccc6c54)c3)c3ccc4c(c3)sc3ccccc34)ccc21. The highest BCUT2D eigenvalue weighted by atomic mass is 32.1. The Morgan fingerprint density at radius 1 is 0.435 bits per heavy atom. The van der Waals surface area contributed by atoms with E-state index in [1.807, 2.05) is 22.7 Å². The minimum absolute atomic E-state index is 0.0249. The fourth-order valence-electron chi connectivity index (χ4n) is 7.83. The van der Waals surface area contributed by atoms with Gasteiger partial charge in [-0.1, -0.05) is 98.8 Å². The van der Waals surface area contributed by atoms with E-state index < -0.39 is 0 Å². The van der Waals surface area contributed by atoms with Gasteiger partial charge in [0.15, 0.2) is 0 Å². The van der Waals surface area contributed by atoms with Gasteiger partial charge in [-0.2, -0.15) is 0 Å². The van der Waals surface area contributed by atoms with Crippen LogP contribution in [-0.4, -0.2) is 0 Å². The zero-order chi connectivity index (χ0) is 30.6. The first-order chi connectivity index (χ1) is 22.5. The molecule has 0 N–H and O–H groups in total. The number of anilines is 3. The van der Waals surface area contributed by atoms with Crippen LogP contribution in [0.2, 0.25) is 0 Å². The highest BCUT2D eigenvalue weighted by Crippen LogP contribution is 2.51. The van der Waals surface area contributed by atoms with Crippen molar-refractivity contribution in [2.45, 2.75) is 19.3 Å². The molecule has 1 nitrogen and oxygen atoms in total. The molecule has 218 valence electrons. The van der Waals surface area contributed by atoms with Crippen molar-refractivity contribution in [3.63, 3.8) is 0 Å². The maximum absolute atomic E-state index is 2.45. The quantitative estimate of drug-likeness (QED) is 0.189. The minimum atomic E-state index is -0.0249. The number of hydrogen-bond acceptors (Lipinski definition) is 3. The van der Waals surface area contributed by atoms with Crippen LogP contribution in [0.1, 0.15) is 25.0 Å². The Morgan fingerprint density at radius 3 is 1.91 bits per heavy atom. The van der Waals surface area contributed by atoms with Gasteiger partial charge >= 0.3 is 0 Å². The summed E-state index contributed by atoms with van der Waals surface area (Å²) in [4.78, 5) is 2.45. The van der Waals surface area contributed by atoms with Gasteiger partial charge in [-0.15, -0.1) is 22.7 Å². The zero-order valence-electron chi connectivity index (χ0n) is 25.5. The van der Waals surface area contributed by atoms with E-state index in [9.17, 15) is 0 Å². The average Bonchev–Trinajstić information content (AvgIpc) is 3.73. The Kier molecular flexibility index (Phi) is 5.44. The first-order valence-corrected chi connectivity index (χ1v) is 17.5. The van der Waals surface area contributed by atoms with Crippen LogP contribution in [0.3, 0.4) is 0 Å². The van der Waals surface area contributed by atoms with E-state index in [-0.39, 0.29) is 5.41 Å². The van der Waals surface area contributed by atoms with E-state index in [1.165, 1.54) is 84.7 Å². The molecule has 0 atom stereocenters. The molecule has 1 aliphatic rings. The highest BCUT2D eigenvalue weighted by Gasteiger charge is 2.35. The lowest BCUT2D eigenvalue weighted by Crippen LogP contribution is -2.15. The molecule has 10 rings (SSSR count). The molecule has 0 radical (unpaired) electrons. The largest absolute Gasteiger partial charge is 0.310 e. The van der Waals surface area contributed by atoms with Crippen molar-refractivity contribution in [1.82, 2.24) is 0 Å². The highest BCUT2D eigenvalue weighted by molar-refractivity contribution is 7.26. The van der Waals surface area contributed by atoms with Crippen LogP contribution in [0, 0.1) is 0 Å². The number of benzene rings is 7. The molecule has 0 unspecified atom stereocenters. The molecule has 0 saturated carbocycles. The van der Waals surface area contributed by atoms with Gasteiger partial charge in [0.25, 0.3) is 0 Å². The molecule has 46 heavy (non-hydrogen) atoms. The van der Waals surface area contributed by atoms with Crippen molar-refractivity contribution in [3.8, 4) is 11.1 Å². The summed E-state index contributed by atoms with van der Waals surface area (Å²) in [5, 5.41) is 7.92. The standard InChI is InChI=1S/C43H29NS2/c1-43(2)36-12-6-3-9-31(36)35-24-28(18-21-37(35)43)44(29-17-20-33-32-10-4-7-13-38(32)46-41(33)25-29)27-16-19-30-26(23-27)15-22-40-42(30)34-11-5-8-14-39(34)45-40/h3-25H,1-2H3. The number of thiophene rings is 2. The first-order valence-electron chi connectivity index (χ1n) is 15.8. The van der Waals surface area contributed by atoms with Gasteiger partial charge in [-0.25, -0.2) is 0 Å². The molecular formula is C43H29NS2. The van der Waals surface area contributed by atoms with Gasteiger partial charge < -0.3 is 4.90 Å². The van der Waals surface area contributed by atoms with Crippen molar-refractivity contribution < 1.29 is 0 Å². The topological polar surface area (TPSA) is 3.24 Å². The smallest absolute Gasteiger partial charge is 0.0476 e. The second-order valence-electron chi connectivity index (χ2n) is 13.0. The fourth-order valence-corrected chi connectivity index (χ4v) is 10.1. The van der Waals surface area contributed by atoms with Crippen molar-refractivity contribution in [1.29, 1.82) is 0 Å². The van der Waals surface area contributed by atoms with E-state index >= 15 is 0 Å². The lowest BCUT2D eigenvalue weighted by atomic mass is 9.82. The third kappa shape index (κ3) is 3.67. The van der Waals surface area contributed by atoms with Crippen molar-refractivity contribution in [3.05, 3.63) is 151 Å². The predicted octanol–water partition coefficient (Wildman–Crippen LogP) is 13.4. The molecule has 7 aromatic carbocycles. The van der Waals surface area contributed by atoms with Gasteiger partial charge in [-0.3, -0.25) is 0 Å². The summed E-state index contributed by atoms with van der Waals surface area (Å²) in [5.74, 6) is 0. The van der Waals surface area contributed by atoms with Crippen LogP contribution in [0.25, 0.3) is 62.2 Å². The molecule has 3 heteroatoms. The lowest BCUT2D eigenvalue weighted by molar-refractivity contribution is 0.660. The Hall–Kier alpha value is -4.96. The van der Waals surface area contributed by atoms with Gasteiger partial charge in [0.2, 0.25) is 0 Å². The minimum Gasteiger partial charge on any atom is -0.310 e. The Balaban J connectivity index is 1.21. The summed E-state index contributed by atoms with van der Waals surface area (Å²) in [5.41, 5.74) is 8.95. The molecule has 0 amide bonds. The predicted molar refractivity (Wildman–Crippen MR) is 202 cm³/mol. The molecule has 0 bridgehead atoms. The second kappa shape index (κ2) is 9.53. The summed E-state index contributed by atoms with van der Waals surface area (Å²) >= 11 is 3.75. The van der Waals surface area contributed by atoms with Crippen LogP contribution in [0.15, 0.2) is 140 Å². The molecular weight excluding hydrogens is 595 g/mol. The van der Waals surface area contributed by atoms with E-state index in [4.69, 9.17) is 0 Å². The summed E-state index contributed by atoms with van der Waals surface area (Å²) in [6, 6.07) is 52.2. The zero-order valence-corrected chi connectivity index (χ0v) is 27.2. The normalized spacial score (nSPS) is 13.6. The monoisotopic (exact) mass is 623 g/mol. The maximum Gasteiger partial charge on any atom is 0.0476 e. The lowest BCUT2D eigenvalue weighted by Gasteiger charge is -2.27. The van der Waals surface area contributed by atoms with E-state index in [0.717, 1.165) is 5.69 Å². The van der Waals surface area contributed by atoms with Gasteiger partial charge in [0.1, 0.15) is 0 Å². The van der Waals surface area contributed by atoms with Gasteiger partial charge in [0, 0.05) is 62.8 Å². The fraction of sp³-hybridized carbons (Fsp3) is 0.0698. The molecule has 0 saturated heterocycles. The van der Waals surface area contributed by atoms with Crippen LogP contribution < -0.4 is 4.90 Å². The van der Waals surface area contributed by atoms with E-state index in [2.05, 4.69) is 158 Å². The molecule has 0 aliphatic heterocycles. The van der Waals surface area contributed by atoms with Crippen molar-refractivity contribution in [2.75, 3.05) is 4.90 Å². The summed E-state index contributed by atoms with van der Waals surface area (Å²) < 4.78 is 5.32. The van der Waals surface area contributed by atoms with Crippen LogP contribution in [0.4, 0.5) is 17.1 Å². The number of fused-ring (bicyclic) bond motifs is 11. The molecule has 0 spiro atoms. The average molecular weight is 624 g/mol. The third-order valence-electron chi connectivity index (χ3n) is 10.0. The van der Waals surface area contributed by atoms with Crippen LogP contribution >= 0.6 is 22.7 Å². The first kappa shape index (κ1) is 26.3. The number of hydrogen-bond donors (Lipinski definition) is 0. The van der Waals surface area contributed by atoms with Crippen LogP contribution in [-0.2, 0) is 5.41 Å². The Morgan fingerprint density at radius 2 is 1.04 bits per heavy atom. The summed E-state index contributed by atoms with van der Waals surface area (Å²) in [7, 11) is 0. The van der Waals surface area contributed by atoms with Gasteiger partial charge in [0.05, 0.1) is 0 Å². The number of rotatable bonds is 3. The second-order valence-corrected chi connectivity index (χ2v) is 15.1. The molecule has 2 aromatic heterocycles. The van der Waals surface area contributed by atoms with Crippen molar-refractivity contribution in [2.24, 2.45) is 0 Å². The van der Waals surface area contributed by atoms with Crippen molar-refractivity contribution >= 4 is 90.9 Å². The third-order valence-corrected chi connectivity index (χ3v) is 12.3. The molecule has 1 aliphatic carbocycles. The van der Waals surface area contributed by atoms with Crippen LogP contribution in [0.5, 0.6) is 0 Å². The summed E-state index contributed by atoms with van der Waals surface area (Å²) in [6.45, 7) is 4.70. The van der Waals surface area contributed by atoms with Gasteiger partial charge in [-0.05, 0) is 87.6 Å². The summed E-state index contributed by atoms with van der Waals surface area (Å²) in [6.07, 6.45) is 0.